The van der Waals surface area contributed by atoms with Crippen molar-refractivity contribution in [2.45, 2.75) is 24.8 Å². The van der Waals surface area contributed by atoms with Gasteiger partial charge < -0.3 is 0 Å². The molecule has 7 heteroatoms. The van der Waals surface area contributed by atoms with Crippen molar-refractivity contribution in [1.29, 1.82) is 0 Å². The standard InChI is InChI=1S/C25H21BrN4OS/c1-18(31)24-28-30(22-14-12-20(26)13-15-22)25(32-24)17-16-23(19-8-4-2-5-9-19)27-29(25)21-10-6-3-7-11-21/h2-15H,16-17H2,1H3. The molecule has 2 aliphatic rings. The van der Waals surface area contributed by atoms with Gasteiger partial charge in [-0.2, -0.15) is 10.2 Å². The Kier molecular flexibility index (Phi) is 5.61. The molecule has 3 aromatic carbocycles. The molecular weight excluding hydrogens is 484 g/mol. The van der Waals surface area contributed by atoms with Crippen molar-refractivity contribution < 1.29 is 4.79 Å². The normalized spacial score (nSPS) is 20.3. The van der Waals surface area contributed by atoms with Crippen molar-refractivity contribution in [1.82, 2.24) is 0 Å². The van der Waals surface area contributed by atoms with Gasteiger partial charge in [0.15, 0.2) is 10.8 Å². The molecule has 32 heavy (non-hydrogen) atoms. The minimum Gasteiger partial charge on any atom is -0.292 e. The zero-order valence-electron chi connectivity index (χ0n) is 17.5. The van der Waals surface area contributed by atoms with Crippen LogP contribution in [-0.4, -0.2) is 21.5 Å². The van der Waals surface area contributed by atoms with Gasteiger partial charge in [0.2, 0.25) is 4.99 Å². The monoisotopic (exact) mass is 504 g/mol. The smallest absolute Gasteiger partial charge is 0.208 e. The lowest BCUT2D eigenvalue weighted by Crippen LogP contribution is -2.56. The molecule has 0 saturated carbocycles. The average molecular weight is 505 g/mol. The molecule has 1 unspecified atom stereocenters. The fraction of sp³-hybridized carbons (Fsp3) is 0.160. The van der Waals surface area contributed by atoms with Crippen LogP contribution in [0, 0.1) is 0 Å². The summed E-state index contributed by atoms with van der Waals surface area (Å²) in [5.41, 5.74) is 3.99. The molecule has 3 aromatic rings. The van der Waals surface area contributed by atoms with Gasteiger partial charge in [0.25, 0.3) is 0 Å². The predicted octanol–water partition coefficient (Wildman–Crippen LogP) is 6.26. The van der Waals surface area contributed by atoms with Crippen LogP contribution in [0.4, 0.5) is 11.4 Å². The second kappa shape index (κ2) is 8.56. The van der Waals surface area contributed by atoms with Crippen LogP contribution in [0.15, 0.2) is 99.6 Å². The van der Waals surface area contributed by atoms with Gasteiger partial charge in [0.1, 0.15) is 0 Å². The zero-order valence-corrected chi connectivity index (χ0v) is 19.9. The molecule has 1 atom stereocenters. The number of ketones is 1. The molecule has 0 saturated heterocycles. The van der Waals surface area contributed by atoms with Crippen molar-refractivity contribution in [3.63, 3.8) is 0 Å². The van der Waals surface area contributed by atoms with Gasteiger partial charge in [-0.15, -0.1) is 0 Å². The summed E-state index contributed by atoms with van der Waals surface area (Å²) in [6, 6.07) is 28.4. The van der Waals surface area contributed by atoms with E-state index in [4.69, 9.17) is 10.2 Å². The Morgan fingerprint density at radius 3 is 2.12 bits per heavy atom. The van der Waals surface area contributed by atoms with E-state index in [2.05, 4.69) is 28.1 Å². The molecule has 0 radical (unpaired) electrons. The van der Waals surface area contributed by atoms with Gasteiger partial charge in [0, 0.05) is 17.8 Å². The first kappa shape index (κ1) is 21.0. The minimum atomic E-state index is -0.672. The number of anilines is 2. The van der Waals surface area contributed by atoms with E-state index < -0.39 is 4.99 Å². The Morgan fingerprint density at radius 1 is 0.875 bits per heavy atom. The Bertz CT molecular complexity index is 1200. The fourth-order valence-corrected chi connectivity index (χ4v) is 5.47. The number of hydrazone groups is 2. The molecule has 5 nitrogen and oxygen atoms in total. The van der Waals surface area contributed by atoms with E-state index in [-0.39, 0.29) is 5.78 Å². The molecule has 2 aliphatic heterocycles. The van der Waals surface area contributed by atoms with E-state index in [1.807, 2.05) is 82.8 Å². The van der Waals surface area contributed by atoms with Crippen LogP contribution in [0.1, 0.15) is 25.3 Å². The summed E-state index contributed by atoms with van der Waals surface area (Å²) in [5.74, 6) is -0.0418. The maximum atomic E-state index is 12.4. The first-order chi connectivity index (χ1) is 15.6. The number of hydrogen-bond donors (Lipinski definition) is 0. The van der Waals surface area contributed by atoms with Gasteiger partial charge in [0.05, 0.1) is 17.1 Å². The summed E-state index contributed by atoms with van der Waals surface area (Å²) in [6.07, 6.45) is 1.52. The number of para-hydroxylation sites is 1. The third kappa shape index (κ3) is 3.76. The summed E-state index contributed by atoms with van der Waals surface area (Å²) in [5, 5.41) is 14.4. The SMILES string of the molecule is CC(=O)C1=NN(c2ccc(Br)cc2)C2(CCC(c3ccccc3)=NN2c2ccccc2)S1. The third-order valence-corrected chi connectivity index (χ3v) is 7.47. The quantitative estimate of drug-likeness (QED) is 0.420. The lowest BCUT2D eigenvalue weighted by Gasteiger charge is -2.46. The molecular formula is C25H21BrN4OS. The molecule has 1 spiro atoms. The number of halogens is 1. The number of hydrogen-bond acceptors (Lipinski definition) is 6. The van der Waals surface area contributed by atoms with E-state index in [0.717, 1.165) is 40.0 Å². The Balaban J connectivity index is 1.67. The highest BCUT2D eigenvalue weighted by atomic mass is 79.9. The number of nitrogens with zero attached hydrogens (tertiary/aromatic N) is 4. The molecule has 2 heterocycles. The Morgan fingerprint density at radius 2 is 1.47 bits per heavy atom. The van der Waals surface area contributed by atoms with Crippen molar-refractivity contribution in [3.05, 3.63) is 95.0 Å². The number of carbonyl (C=O) groups excluding carboxylic acids is 1. The largest absolute Gasteiger partial charge is 0.292 e. The molecule has 0 amide bonds. The highest BCUT2D eigenvalue weighted by molar-refractivity contribution is 9.10. The number of Topliss-reactive ketones (excluding diaryl/α,β-unsaturated/α-hetero) is 1. The average Bonchev–Trinajstić information content (AvgIpc) is 3.21. The van der Waals surface area contributed by atoms with Gasteiger partial charge in [-0.3, -0.25) is 4.79 Å². The molecule has 5 rings (SSSR count). The molecule has 0 aromatic heterocycles. The summed E-state index contributed by atoms with van der Waals surface area (Å²) >= 11 is 5.00. The lowest BCUT2D eigenvalue weighted by molar-refractivity contribution is -0.110. The van der Waals surface area contributed by atoms with Crippen LogP contribution in [0.5, 0.6) is 0 Å². The minimum absolute atomic E-state index is 0.0418. The van der Waals surface area contributed by atoms with E-state index in [1.54, 1.807) is 6.92 Å². The van der Waals surface area contributed by atoms with E-state index in [9.17, 15) is 4.79 Å². The van der Waals surface area contributed by atoms with E-state index >= 15 is 0 Å². The fourth-order valence-electron chi connectivity index (χ4n) is 3.96. The molecule has 160 valence electrons. The van der Waals surface area contributed by atoms with Gasteiger partial charge in [-0.05, 0) is 60.1 Å². The summed E-state index contributed by atoms with van der Waals surface area (Å²) in [6.45, 7) is 1.57. The summed E-state index contributed by atoms with van der Waals surface area (Å²) in [4.78, 5) is 11.7. The highest BCUT2D eigenvalue weighted by Gasteiger charge is 2.52. The zero-order chi connectivity index (χ0) is 22.1. The topological polar surface area (TPSA) is 48.3 Å². The maximum Gasteiger partial charge on any atom is 0.208 e. The van der Waals surface area contributed by atoms with Gasteiger partial charge in [-0.25, -0.2) is 10.0 Å². The first-order valence-electron chi connectivity index (χ1n) is 10.4. The van der Waals surface area contributed by atoms with Crippen LogP contribution in [0.3, 0.4) is 0 Å². The third-order valence-electron chi connectivity index (χ3n) is 5.50. The predicted molar refractivity (Wildman–Crippen MR) is 136 cm³/mol. The molecule has 0 fully saturated rings. The van der Waals surface area contributed by atoms with E-state index in [1.165, 1.54) is 11.8 Å². The van der Waals surface area contributed by atoms with E-state index in [0.29, 0.717) is 5.04 Å². The molecule has 0 bridgehead atoms. The number of rotatable bonds is 4. The van der Waals surface area contributed by atoms with Crippen LogP contribution in [0.2, 0.25) is 0 Å². The first-order valence-corrected chi connectivity index (χ1v) is 12.0. The van der Waals surface area contributed by atoms with Crippen molar-refractivity contribution >= 4 is 55.6 Å². The number of thioether (sulfide) groups is 1. The van der Waals surface area contributed by atoms with Crippen LogP contribution in [0.25, 0.3) is 0 Å². The number of carbonyl (C=O) groups is 1. The lowest BCUT2D eigenvalue weighted by atomic mass is 10.0. The van der Waals surface area contributed by atoms with Gasteiger partial charge >= 0.3 is 0 Å². The Hall–Kier alpha value is -2.90. The number of benzene rings is 3. The molecule has 0 N–H and O–H groups in total. The second-order valence-electron chi connectivity index (χ2n) is 7.65. The Labute approximate surface area is 199 Å². The summed E-state index contributed by atoms with van der Waals surface area (Å²) in [7, 11) is 0. The second-order valence-corrected chi connectivity index (χ2v) is 9.82. The maximum absolute atomic E-state index is 12.4. The van der Waals surface area contributed by atoms with Crippen molar-refractivity contribution in [2.24, 2.45) is 10.2 Å². The van der Waals surface area contributed by atoms with Crippen LogP contribution < -0.4 is 10.0 Å². The van der Waals surface area contributed by atoms with Gasteiger partial charge in [-0.1, -0.05) is 64.5 Å². The van der Waals surface area contributed by atoms with Crippen LogP contribution in [-0.2, 0) is 4.79 Å². The molecule has 0 aliphatic carbocycles. The van der Waals surface area contributed by atoms with Crippen molar-refractivity contribution in [3.8, 4) is 0 Å². The van der Waals surface area contributed by atoms with Crippen LogP contribution >= 0.6 is 27.7 Å². The summed E-state index contributed by atoms with van der Waals surface area (Å²) < 4.78 is 0.992. The highest BCUT2D eigenvalue weighted by Crippen LogP contribution is 2.50. The van der Waals surface area contributed by atoms with Crippen molar-refractivity contribution in [2.75, 3.05) is 10.0 Å².